The summed E-state index contributed by atoms with van der Waals surface area (Å²) in [6, 6.07) is 15.4. The van der Waals surface area contributed by atoms with Crippen LogP contribution in [0.4, 0.5) is 0 Å². The van der Waals surface area contributed by atoms with Crippen molar-refractivity contribution in [1.29, 1.82) is 0 Å². The highest BCUT2D eigenvalue weighted by molar-refractivity contribution is 5.96. The number of hydrogen-bond donors (Lipinski definition) is 0. The van der Waals surface area contributed by atoms with Gasteiger partial charge in [0, 0.05) is 17.5 Å². The molecule has 3 rings (SSSR count). The van der Waals surface area contributed by atoms with Crippen molar-refractivity contribution < 1.29 is 18.7 Å². The molecule has 0 unspecified atom stereocenters. The van der Waals surface area contributed by atoms with E-state index in [1.807, 2.05) is 12.1 Å². The topological polar surface area (TPSA) is 65.7 Å². The van der Waals surface area contributed by atoms with Gasteiger partial charge in [0.05, 0.1) is 5.56 Å². The Labute approximate surface area is 138 Å². The SMILES string of the molecule is CC(=O)c1ccccc1OCCOc1ccc2ccc(=O)oc2c1. The molecule has 1 heterocycles. The monoisotopic (exact) mass is 324 g/mol. The summed E-state index contributed by atoms with van der Waals surface area (Å²) in [5, 5.41) is 0.827. The van der Waals surface area contributed by atoms with Crippen molar-refractivity contribution in [2.45, 2.75) is 6.92 Å². The van der Waals surface area contributed by atoms with E-state index in [2.05, 4.69) is 0 Å². The van der Waals surface area contributed by atoms with Gasteiger partial charge in [-0.15, -0.1) is 0 Å². The van der Waals surface area contributed by atoms with E-state index < -0.39 is 5.63 Å². The zero-order valence-corrected chi connectivity index (χ0v) is 13.2. The van der Waals surface area contributed by atoms with Crippen molar-refractivity contribution >= 4 is 16.8 Å². The number of fused-ring (bicyclic) bond motifs is 1. The summed E-state index contributed by atoms with van der Waals surface area (Å²) < 4.78 is 16.3. The molecule has 0 spiro atoms. The van der Waals surface area contributed by atoms with Gasteiger partial charge in [0.1, 0.15) is 30.3 Å². The lowest BCUT2D eigenvalue weighted by Crippen LogP contribution is -2.10. The molecule has 0 radical (unpaired) electrons. The maximum atomic E-state index is 11.5. The first-order valence-corrected chi connectivity index (χ1v) is 7.53. The Balaban J connectivity index is 1.61. The molecule has 3 aromatic rings. The second kappa shape index (κ2) is 7.00. The van der Waals surface area contributed by atoms with Crippen LogP contribution < -0.4 is 15.1 Å². The molecule has 5 nitrogen and oxygen atoms in total. The zero-order valence-electron chi connectivity index (χ0n) is 13.2. The number of carbonyl (C=O) groups excluding carboxylic acids is 1. The first kappa shape index (κ1) is 15.8. The predicted molar refractivity (Wildman–Crippen MR) is 89.9 cm³/mol. The van der Waals surface area contributed by atoms with Crippen molar-refractivity contribution in [1.82, 2.24) is 0 Å². The van der Waals surface area contributed by atoms with E-state index in [0.717, 1.165) is 5.39 Å². The fraction of sp³-hybridized carbons (Fsp3) is 0.158. The fourth-order valence-electron chi connectivity index (χ4n) is 2.33. The molecule has 0 N–H and O–H groups in total. The predicted octanol–water partition coefficient (Wildman–Crippen LogP) is 3.45. The smallest absolute Gasteiger partial charge is 0.336 e. The first-order valence-electron chi connectivity index (χ1n) is 7.53. The molecule has 1 aromatic heterocycles. The number of ether oxygens (including phenoxy) is 2. The van der Waals surface area contributed by atoms with Crippen LogP contribution in [-0.2, 0) is 0 Å². The van der Waals surface area contributed by atoms with Gasteiger partial charge in [-0.25, -0.2) is 4.79 Å². The number of rotatable bonds is 6. The van der Waals surface area contributed by atoms with Crippen LogP contribution in [0, 0.1) is 0 Å². The van der Waals surface area contributed by atoms with Crippen LogP contribution in [0.3, 0.4) is 0 Å². The molecule has 0 amide bonds. The third kappa shape index (κ3) is 3.63. The van der Waals surface area contributed by atoms with Crippen LogP contribution in [0.25, 0.3) is 11.0 Å². The van der Waals surface area contributed by atoms with Gasteiger partial charge in [-0.2, -0.15) is 0 Å². The molecule has 0 aliphatic heterocycles. The lowest BCUT2D eigenvalue weighted by molar-refractivity contribution is 0.101. The lowest BCUT2D eigenvalue weighted by Gasteiger charge is -2.11. The molecule has 0 fully saturated rings. The Kier molecular flexibility index (Phi) is 4.61. The zero-order chi connectivity index (χ0) is 16.9. The van der Waals surface area contributed by atoms with Gasteiger partial charge in [0.2, 0.25) is 0 Å². The van der Waals surface area contributed by atoms with Crippen LogP contribution in [0.2, 0.25) is 0 Å². The van der Waals surface area contributed by atoms with Crippen molar-refractivity contribution in [3.05, 3.63) is 70.6 Å². The number of hydrogen-bond acceptors (Lipinski definition) is 5. The van der Waals surface area contributed by atoms with E-state index in [1.54, 1.807) is 36.4 Å². The van der Waals surface area contributed by atoms with Gasteiger partial charge in [-0.1, -0.05) is 12.1 Å². The van der Waals surface area contributed by atoms with Gasteiger partial charge in [0.25, 0.3) is 0 Å². The molecule has 0 atom stereocenters. The second-order valence-corrected chi connectivity index (χ2v) is 5.20. The van der Waals surface area contributed by atoms with Gasteiger partial charge >= 0.3 is 5.63 Å². The minimum Gasteiger partial charge on any atom is -0.490 e. The Morgan fingerprint density at radius 1 is 1.00 bits per heavy atom. The summed E-state index contributed by atoms with van der Waals surface area (Å²) in [4.78, 5) is 22.8. The number of ketones is 1. The summed E-state index contributed by atoms with van der Waals surface area (Å²) in [5.74, 6) is 1.08. The van der Waals surface area contributed by atoms with Gasteiger partial charge in [-0.05, 0) is 37.3 Å². The van der Waals surface area contributed by atoms with Crippen LogP contribution >= 0.6 is 0 Å². The average molecular weight is 324 g/mol. The molecule has 0 saturated heterocycles. The molecule has 0 saturated carbocycles. The van der Waals surface area contributed by atoms with Crippen molar-refractivity contribution in [3.8, 4) is 11.5 Å². The van der Waals surface area contributed by atoms with E-state index in [9.17, 15) is 9.59 Å². The van der Waals surface area contributed by atoms with Crippen LogP contribution in [0.15, 0.2) is 63.8 Å². The van der Waals surface area contributed by atoms with Gasteiger partial charge in [-0.3, -0.25) is 4.79 Å². The number of Topliss-reactive ketones (excluding diaryl/α,β-unsaturated/α-hetero) is 1. The van der Waals surface area contributed by atoms with E-state index in [0.29, 0.717) is 35.9 Å². The fourth-order valence-corrected chi connectivity index (χ4v) is 2.33. The summed E-state index contributed by atoms with van der Waals surface area (Å²) in [6.07, 6.45) is 0. The minimum absolute atomic E-state index is 0.0453. The number of benzene rings is 2. The second-order valence-electron chi connectivity index (χ2n) is 5.20. The molecule has 2 aromatic carbocycles. The Morgan fingerprint density at radius 2 is 1.75 bits per heavy atom. The lowest BCUT2D eigenvalue weighted by atomic mass is 10.1. The molecular formula is C19H16O5. The highest BCUT2D eigenvalue weighted by atomic mass is 16.5. The highest BCUT2D eigenvalue weighted by Gasteiger charge is 2.07. The Hall–Kier alpha value is -3.08. The maximum absolute atomic E-state index is 11.5. The van der Waals surface area contributed by atoms with Crippen LogP contribution in [0.5, 0.6) is 11.5 Å². The number of carbonyl (C=O) groups is 1. The van der Waals surface area contributed by atoms with Gasteiger partial charge < -0.3 is 13.9 Å². The maximum Gasteiger partial charge on any atom is 0.336 e. The molecule has 0 bridgehead atoms. The van der Waals surface area contributed by atoms with E-state index in [-0.39, 0.29) is 5.78 Å². The molecule has 0 aliphatic rings. The molecule has 24 heavy (non-hydrogen) atoms. The van der Waals surface area contributed by atoms with Crippen molar-refractivity contribution in [2.24, 2.45) is 0 Å². The molecular weight excluding hydrogens is 308 g/mol. The van der Waals surface area contributed by atoms with Crippen molar-refractivity contribution in [3.63, 3.8) is 0 Å². The summed E-state index contributed by atoms with van der Waals surface area (Å²) in [6.45, 7) is 2.09. The van der Waals surface area contributed by atoms with Crippen molar-refractivity contribution in [2.75, 3.05) is 13.2 Å². The first-order chi connectivity index (χ1) is 11.6. The quantitative estimate of drug-likeness (QED) is 0.395. The summed E-state index contributed by atoms with van der Waals surface area (Å²) in [5.41, 5.74) is 0.622. The molecule has 122 valence electrons. The average Bonchev–Trinajstić information content (AvgIpc) is 2.58. The summed E-state index contributed by atoms with van der Waals surface area (Å²) >= 11 is 0. The minimum atomic E-state index is -0.399. The van der Waals surface area contributed by atoms with E-state index in [4.69, 9.17) is 13.9 Å². The standard InChI is InChI=1S/C19H16O5/c1-13(20)16-4-2-3-5-17(16)23-11-10-22-15-8-6-14-7-9-19(21)24-18(14)12-15/h2-9,12H,10-11H2,1H3. The molecule has 0 aliphatic carbocycles. The van der Waals surface area contributed by atoms with E-state index >= 15 is 0 Å². The van der Waals surface area contributed by atoms with Gasteiger partial charge in [0.15, 0.2) is 5.78 Å². The van der Waals surface area contributed by atoms with Crippen LogP contribution in [0.1, 0.15) is 17.3 Å². The normalized spacial score (nSPS) is 10.5. The highest BCUT2D eigenvalue weighted by Crippen LogP contribution is 2.20. The third-order valence-electron chi connectivity index (χ3n) is 3.47. The Morgan fingerprint density at radius 3 is 2.58 bits per heavy atom. The largest absolute Gasteiger partial charge is 0.490 e. The van der Waals surface area contributed by atoms with Crippen LogP contribution in [-0.4, -0.2) is 19.0 Å². The molecule has 5 heteroatoms. The van der Waals surface area contributed by atoms with E-state index in [1.165, 1.54) is 13.0 Å². The summed E-state index contributed by atoms with van der Waals surface area (Å²) in [7, 11) is 0. The Bertz CT molecular complexity index is 926. The number of para-hydroxylation sites is 1. The third-order valence-corrected chi connectivity index (χ3v) is 3.47.